The first-order chi connectivity index (χ1) is 8.13. The average molecular weight is 236 g/mol. The molecular weight excluding hydrogens is 216 g/mol. The highest BCUT2D eigenvalue weighted by atomic mass is 16.5. The molecule has 0 heterocycles. The minimum absolute atomic E-state index is 0.0387. The minimum Gasteiger partial charge on any atom is -0.372 e. The van der Waals surface area contributed by atoms with Gasteiger partial charge in [-0.25, -0.2) is 0 Å². The van der Waals surface area contributed by atoms with Crippen molar-refractivity contribution in [1.82, 2.24) is 0 Å². The smallest absolute Gasteiger partial charge is 0.250 e. The number of benzene rings is 1. The molecule has 4 heteroatoms. The molecule has 94 valence electrons. The summed E-state index contributed by atoms with van der Waals surface area (Å²) < 4.78 is 5.16. The van der Waals surface area contributed by atoms with Crippen LogP contribution in [0.25, 0.3) is 0 Å². The number of rotatable bonds is 6. The highest BCUT2D eigenvalue weighted by molar-refractivity contribution is 5.91. The largest absolute Gasteiger partial charge is 0.372 e. The summed E-state index contributed by atoms with van der Waals surface area (Å²) in [5.74, 6) is -0.139. The Kier molecular flexibility index (Phi) is 5.66. The molecule has 17 heavy (non-hydrogen) atoms. The number of nitrogens with two attached hydrogens (primary N) is 1. The number of anilines is 1. The van der Waals surface area contributed by atoms with Gasteiger partial charge in [-0.2, -0.15) is 0 Å². The van der Waals surface area contributed by atoms with Crippen molar-refractivity contribution in [2.45, 2.75) is 26.3 Å². The number of carbonyl (C=O) groups is 1. The van der Waals surface area contributed by atoms with Crippen molar-refractivity contribution < 1.29 is 9.53 Å². The lowest BCUT2D eigenvalue weighted by atomic mass is 10.1. The van der Waals surface area contributed by atoms with E-state index in [1.807, 2.05) is 38.1 Å². The Morgan fingerprint density at radius 2 is 2.29 bits per heavy atom. The first-order valence-corrected chi connectivity index (χ1v) is 5.86. The van der Waals surface area contributed by atoms with Gasteiger partial charge in [-0.1, -0.05) is 19.1 Å². The quantitative estimate of drug-likeness (QED) is 0.743. The van der Waals surface area contributed by atoms with Gasteiger partial charge < -0.3 is 15.8 Å². The van der Waals surface area contributed by atoms with E-state index in [-0.39, 0.29) is 18.6 Å². The van der Waals surface area contributed by atoms with Crippen LogP contribution < -0.4 is 11.1 Å². The summed E-state index contributed by atoms with van der Waals surface area (Å²) in [7, 11) is 0. The standard InChI is InChI=1S/C13H20N2O2/c1-3-7-17-9-13(16)15-12-6-4-5-11(8-12)10(2)14/h4-6,8,10H,3,7,9,14H2,1-2H3,(H,15,16). The van der Waals surface area contributed by atoms with E-state index in [9.17, 15) is 4.79 Å². The van der Waals surface area contributed by atoms with Crippen LogP contribution in [0.1, 0.15) is 31.9 Å². The van der Waals surface area contributed by atoms with E-state index in [4.69, 9.17) is 10.5 Å². The molecule has 1 rings (SSSR count). The van der Waals surface area contributed by atoms with Gasteiger partial charge in [0.1, 0.15) is 6.61 Å². The van der Waals surface area contributed by atoms with Crippen LogP contribution in [0.2, 0.25) is 0 Å². The van der Waals surface area contributed by atoms with Crippen molar-refractivity contribution in [1.29, 1.82) is 0 Å². The Hall–Kier alpha value is -1.39. The molecule has 0 radical (unpaired) electrons. The molecule has 0 bridgehead atoms. The van der Waals surface area contributed by atoms with Crippen LogP contribution in [0.4, 0.5) is 5.69 Å². The zero-order valence-electron chi connectivity index (χ0n) is 10.4. The summed E-state index contributed by atoms with van der Waals surface area (Å²) >= 11 is 0. The van der Waals surface area contributed by atoms with Gasteiger partial charge in [0.25, 0.3) is 0 Å². The van der Waals surface area contributed by atoms with E-state index in [2.05, 4.69) is 5.32 Å². The Bertz CT molecular complexity index is 364. The molecule has 1 atom stereocenters. The molecule has 0 fully saturated rings. The molecule has 4 nitrogen and oxygen atoms in total. The van der Waals surface area contributed by atoms with Gasteiger partial charge in [0.2, 0.25) is 5.91 Å². The van der Waals surface area contributed by atoms with Gasteiger partial charge in [-0.15, -0.1) is 0 Å². The van der Waals surface area contributed by atoms with Gasteiger partial charge in [0.15, 0.2) is 0 Å². The van der Waals surface area contributed by atoms with E-state index in [0.29, 0.717) is 6.61 Å². The molecule has 1 amide bonds. The summed E-state index contributed by atoms with van der Waals surface area (Å²) in [4.78, 5) is 11.5. The Morgan fingerprint density at radius 3 is 2.94 bits per heavy atom. The van der Waals surface area contributed by atoms with Crippen molar-refractivity contribution in [3.8, 4) is 0 Å². The lowest BCUT2D eigenvalue weighted by Gasteiger charge is -2.09. The maximum absolute atomic E-state index is 11.5. The molecule has 0 aliphatic rings. The number of hydrogen-bond donors (Lipinski definition) is 2. The van der Waals surface area contributed by atoms with Crippen LogP contribution >= 0.6 is 0 Å². The van der Waals surface area contributed by atoms with E-state index in [1.165, 1.54) is 0 Å². The second-order valence-electron chi connectivity index (χ2n) is 4.01. The van der Waals surface area contributed by atoms with E-state index in [1.54, 1.807) is 0 Å². The molecule has 0 aliphatic carbocycles. The molecule has 0 aliphatic heterocycles. The van der Waals surface area contributed by atoms with Gasteiger partial charge in [0, 0.05) is 18.3 Å². The van der Waals surface area contributed by atoms with Crippen LogP contribution in [0.3, 0.4) is 0 Å². The van der Waals surface area contributed by atoms with Gasteiger partial charge >= 0.3 is 0 Å². The zero-order chi connectivity index (χ0) is 12.7. The van der Waals surface area contributed by atoms with Crippen molar-refractivity contribution in [2.24, 2.45) is 5.73 Å². The molecule has 0 aromatic heterocycles. The maximum atomic E-state index is 11.5. The SMILES string of the molecule is CCCOCC(=O)Nc1cccc(C(C)N)c1. The van der Waals surface area contributed by atoms with Gasteiger partial charge in [0.05, 0.1) is 0 Å². The van der Waals surface area contributed by atoms with Crippen LogP contribution in [0, 0.1) is 0 Å². The van der Waals surface area contributed by atoms with Crippen molar-refractivity contribution in [3.05, 3.63) is 29.8 Å². The van der Waals surface area contributed by atoms with Gasteiger partial charge in [-0.3, -0.25) is 4.79 Å². The van der Waals surface area contributed by atoms with Gasteiger partial charge in [-0.05, 0) is 31.0 Å². The first kappa shape index (κ1) is 13.7. The Balaban J connectivity index is 2.50. The summed E-state index contributed by atoms with van der Waals surface area (Å²) in [6, 6.07) is 7.49. The summed E-state index contributed by atoms with van der Waals surface area (Å²) in [5.41, 5.74) is 7.53. The molecule has 0 spiro atoms. The van der Waals surface area contributed by atoms with Crippen molar-refractivity contribution in [3.63, 3.8) is 0 Å². The fourth-order valence-electron chi connectivity index (χ4n) is 1.41. The molecule has 1 aromatic carbocycles. The number of ether oxygens (including phenoxy) is 1. The highest BCUT2D eigenvalue weighted by Crippen LogP contribution is 2.15. The average Bonchev–Trinajstić information content (AvgIpc) is 2.29. The Labute approximate surface area is 102 Å². The predicted molar refractivity (Wildman–Crippen MR) is 68.8 cm³/mol. The lowest BCUT2D eigenvalue weighted by molar-refractivity contribution is -0.120. The second-order valence-corrected chi connectivity index (χ2v) is 4.01. The predicted octanol–water partition coefficient (Wildman–Crippen LogP) is 2.07. The highest BCUT2D eigenvalue weighted by Gasteiger charge is 2.04. The van der Waals surface area contributed by atoms with E-state index < -0.39 is 0 Å². The lowest BCUT2D eigenvalue weighted by Crippen LogP contribution is -2.18. The topological polar surface area (TPSA) is 64.3 Å². The number of carbonyl (C=O) groups excluding carboxylic acids is 1. The first-order valence-electron chi connectivity index (χ1n) is 5.86. The number of hydrogen-bond acceptors (Lipinski definition) is 3. The summed E-state index contributed by atoms with van der Waals surface area (Å²) in [6.07, 6.45) is 0.910. The monoisotopic (exact) mass is 236 g/mol. The van der Waals surface area contributed by atoms with Crippen LogP contribution in [0.15, 0.2) is 24.3 Å². The summed E-state index contributed by atoms with van der Waals surface area (Å²) in [5, 5.41) is 2.78. The van der Waals surface area contributed by atoms with Crippen molar-refractivity contribution >= 4 is 11.6 Å². The minimum atomic E-state index is -0.139. The Morgan fingerprint density at radius 1 is 1.53 bits per heavy atom. The second kappa shape index (κ2) is 7.04. The fraction of sp³-hybridized carbons (Fsp3) is 0.462. The number of amides is 1. The van der Waals surface area contributed by atoms with E-state index in [0.717, 1.165) is 17.7 Å². The van der Waals surface area contributed by atoms with Crippen LogP contribution in [-0.4, -0.2) is 19.1 Å². The molecular formula is C13H20N2O2. The molecule has 1 aromatic rings. The molecule has 0 saturated heterocycles. The van der Waals surface area contributed by atoms with Crippen LogP contribution in [-0.2, 0) is 9.53 Å². The molecule has 3 N–H and O–H groups in total. The van der Waals surface area contributed by atoms with E-state index >= 15 is 0 Å². The molecule has 1 unspecified atom stereocenters. The summed E-state index contributed by atoms with van der Waals surface area (Å²) in [6.45, 7) is 4.61. The third-order valence-electron chi connectivity index (χ3n) is 2.28. The third kappa shape index (κ3) is 4.97. The molecule has 0 saturated carbocycles. The number of nitrogens with one attached hydrogen (secondary N) is 1. The third-order valence-corrected chi connectivity index (χ3v) is 2.28. The normalized spacial score (nSPS) is 12.2. The fourth-order valence-corrected chi connectivity index (χ4v) is 1.41. The van der Waals surface area contributed by atoms with Crippen LogP contribution in [0.5, 0.6) is 0 Å². The van der Waals surface area contributed by atoms with Crippen molar-refractivity contribution in [2.75, 3.05) is 18.5 Å². The zero-order valence-corrected chi connectivity index (χ0v) is 10.4. The maximum Gasteiger partial charge on any atom is 0.250 e.